The largest absolute Gasteiger partial charge is 0.491 e. The van der Waals surface area contributed by atoms with Gasteiger partial charge in [0, 0.05) is 44.8 Å². The van der Waals surface area contributed by atoms with Gasteiger partial charge < -0.3 is 9.84 Å². The van der Waals surface area contributed by atoms with Crippen LogP contribution in [-0.4, -0.2) is 66.1 Å². The smallest absolute Gasteiger partial charge is 0.159 e. The lowest BCUT2D eigenvalue weighted by Gasteiger charge is -2.35. The molecule has 1 N–H and O–H groups in total. The van der Waals surface area contributed by atoms with Gasteiger partial charge in [-0.2, -0.15) is 0 Å². The van der Waals surface area contributed by atoms with E-state index in [0.717, 1.165) is 32.7 Å². The number of aliphatic hydroxyl groups is 1. The topological polar surface area (TPSA) is 53.0 Å². The molecule has 1 fully saturated rings. The minimum Gasteiger partial charge on any atom is -0.491 e. The Morgan fingerprint density at radius 2 is 1.70 bits per heavy atom. The van der Waals surface area contributed by atoms with Crippen LogP contribution < -0.4 is 4.74 Å². The van der Waals surface area contributed by atoms with E-state index in [2.05, 4.69) is 47.9 Å². The average molecular weight is 411 g/mol. The van der Waals surface area contributed by atoms with Crippen molar-refractivity contribution in [2.24, 2.45) is 0 Å². The van der Waals surface area contributed by atoms with E-state index in [1.165, 1.54) is 18.1 Å². The van der Waals surface area contributed by atoms with E-state index in [4.69, 9.17) is 4.74 Å². The molecule has 1 unspecified atom stereocenters. The fourth-order valence-corrected chi connectivity index (χ4v) is 3.74. The van der Waals surface area contributed by atoms with Gasteiger partial charge in [-0.15, -0.1) is 0 Å². The average Bonchev–Trinajstić information content (AvgIpc) is 2.74. The van der Waals surface area contributed by atoms with Crippen LogP contribution in [-0.2, 0) is 6.54 Å². The highest BCUT2D eigenvalue weighted by molar-refractivity contribution is 5.94. The van der Waals surface area contributed by atoms with Crippen molar-refractivity contribution in [3.63, 3.8) is 0 Å². The summed E-state index contributed by atoms with van der Waals surface area (Å²) in [6.45, 7) is 11.7. The van der Waals surface area contributed by atoms with Crippen molar-refractivity contribution in [1.82, 2.24) is 9.80 Å². The number of ether oxygens (including phenoxy) is 1. The van der Waals surface area contributed by atoms with Crippen LogP contribution in [0.2, 0.25) is 0 Å². The Bertz CT molecular complexity index is 811. The second-order valence-electron chi connectivity index (χ2n) is 8.52. The van der Waals surface area contributed by atoms with Crippen molar-refractivity contribution in [3.05, 3.63) is 65.2 Å². The van der Waals surface area contributed by atoms with Crippen molar-refractivity contribution in [1.29, 1.82) is 0 Å². The van der Waals surface area contributed by atoms with Gasteiger partial charge in [0.25, 0.3) is 0 Å². The van der Waals surface area contributed by atoms with Gasteiger partial charge in [0.2, 0.25) is 0 Å². The molecule has 30 heavy (non-hydrogen) atoms. The summed E-state index contributed by atoms with van der Waals surface area (Å²) in [5.41, 5.74) is 3.36. The van der Waals surface area contributed by atoms with Gasteiger partial charge >= 0.3 is 0 Å². The molecule has 0 bridgehead atoms. The van der Waals surface area contributed by atoms with Gasteiger partial charge in [-0.1, -0.05) is 50.2 Å². The maximum absolute atomic E-state index is 11.5. The summed E-state index contributed by atoms with van der Waals surface area (Å²) < 4.78 is 5.69. The molecule has 2 aromatic rings. The Morgan fingerprint density at radius 1 is 1.03 bits per heavy atom. The van der Waals surface area contributed by atoms with Crippen molar-refractivity contribution >= 4 is 5.78 Å². The van der Waals surface area contributed by atoms with Gasteiger partial charge in [-0.3, -0.25) is 14.6 Å². The first-order valence-corrected chi connectivity index (χ1v) is 10.9. The fraction of sp³-hybridized carbons (Fsp3) is 0.480. The quantitative estimate of drug-likeness (QED) is 0.641. The fourth-order valence-electron chi connectivity index (χ4n) is 3.74. The molecular weight excluding hydrogens is 376 g/mol. The van der Waals surface area contributed by atoms with Crippen LogP contribution in [0, 0.1) is 0 Å². The van der Waals surface area contributed by atoms with E-state index in [9.17, 15) is 9.90 Å². The van der Waals surface area contributed by atoms with Crippen LogP contribution in [0.5, 0.6) is 5.75 Å². The molecule has 0 saturated carbocycles. The summed E-state index contributed by atoms with van der Waals surface area (Å²) in [4.78, 5) is 16.2. The van der Waals surface area contributed by atoms with Gasteiger partial charge in [-0.25, -0.2) is 0 Å². The number of benzene rings is 2. The molecule has 1 heterocycles. The Labute approximate surface area is 180 Å². The molecule has 5 nitrogen and oxygen atoms in total. The van der Waals surface area contributed by atoms with Crippen LogP contribution in [0.4, 0.5) is 0 Å². The van der Waals surface area contributed by atoms with E-state index >= 15 is 0 Å². The predicted molar refractivity (Wildman–Crippen MR) is 120 cm³/mol. The highest BCUT2D eigenvalue weighted by atomic mass is 16.5. The number of ketones is 1. The second-order valence-corrected chi connectivity index (χ2v) is 8.52. The van der Waals surface area contributed by atoms with Crippen molar-refractivity contribution in [3.8, 4) is 5.75 Å². The Kier molecular flexibility index (Phi) is 8.02. The highest BCUT2D eigenvalue weighted by Gasteiger charge is 2.19. The lowest BCUT2D eigenvalue weighted by molar-refractivity contribution is 0.0446. The molecular formula is C25H34N2O3. The minimum atomic E-state index is -0.555. The molecule has 0 radical (unpaired) electrons. The number of nitrogens with zero attached hydrogens (tertiary/aromatic N) is 2. The van der Waals surface area contributed by atoms with Gasteiger partial charge in [-0.05, 0) is 36.1 Å². The van der Waals surface area contributed by atoms with Crippen molar-refractivity contribution in [2.75, 3.05) is 39.3 Å². The zero-order valence-electron chi connectivity index (χ0n) is 18.4. The molecule has 162 valence electrons. The van der Waals surface area contributed by atoms with E-state index in [0.29, 0.717) is 23.8 Å². The minimum absolute atomic E-state index is 0.00901. The third kappa shape index (κ3) is 6.66. The van der Waals surface area contributed by atoms with Crippen LogP contribution >= 0.6 is 0 Å². The SMILES string of the molecule is CC(=O)c1cccc(OCC(O)CN2CCN(Cc3ccc(C(C)C)cc3)CC2)c1. The molecule has 1 saturated heterocycles. The lowest BCUT2D eigenvalue weighted by atomic mass is 10.0. The zero-order chi connectivity index (χ0) is 21.5. The summed E-state index contributed by atoms with van der Waals surface area (Å²) in [6, 6.07) is 16.1. The summed E-state index contributed by atoms with van der Waals surface area (Å²) in [5, 5.41) is 10.4. The number of β-amino-alcohol motifs (C(OH)–C–C–N with tert-alkyl or cyclic N) is 1. The van der Waals surface area contributed by atoms with E-state index in [-0.39, 0.29) is 12.4 Å². The van der Waals surface area contributed by atoms with E-state index < -0.39 is 6.10 Å². The molecule has 1 atom stereocenters. The van der Waals surface area contributed by atoms with Gasteiger partial charge in [0.15, 0.2) is 5.78 Å². The second kappa shape index (κ2) is 10.7. The van der Waals surface area contributed by atoms with Crippen LogP contribution in [0.25, 0.3) is 0 Å². The van der Waals surface area contributed by atoms with Crippen LogP contribution in [0.3, 0.4) is 0 Å². The number of piperazine rings is 1. The normalized spacial score (nSPS) is 16.6. The molecule has 0 amide bonds. The summed E-state index contributed by atoms with van der Waals surface area (Å²) >= 11 is 0. The lowest BCUT2D eigenvalue weighted by Crippen LogP contribution is -2.48. The molecule has 0 spiro atoms. The predicted octanol–water partition coefficient (Wildman–Crippen LogP) is 3.57. The summed E-state index contributed by atoms with van der Waals surface area (Å²) in [6.07, 6.45) is -0.555. The van der Waals surface area contributed by atoms with Gasteiger partial charge in [0.05, 0.1) is 0 Å². The Balaban J connectivity index is 1.38. The maximum Gasteiger partial charge on any atom is 0.159 e. The Hall–Kier alpha value is -2.21. The summed E-state index contributed by atoms with van der Waals surface area (Å²) in [7, 11) is 0. The third-order valence-electron chi connectivity index (χ3n) is 5.67. The van der Waals surface area contributed by atoms with Crippen LogP contribution in [0.1, 0.15) is 48.2 Å². The van der Waals surface area contributed by atoms with Crippen molar-refractivity contribution < 1.29 is 14.6 Å². The summed E-state index contributed by atoms with van der Waals surface area (Å²) in [5.74, 6) is 1.20. The van der Waals surface area contributed by atoms with Crippen molar-refractivity contribution in [2.45, 2.75) is 39.3 Å². The number of Topliss-reactive ketones (excluding diaryl/α,β-unsaturated/α-hetero) is 1. The number of hydrogen-bond donors (Lipinski definition) is 1. The number of aliphatic hydroxyl groups excluding tert-OH is 1. The first-order valence-electron chi connectivity index (χ1n) is 10.9. The first kappa shape index (κ1) is 22.5. The number of carbonyl (C=O) groups excluding carboxylic acids is 1. The van der Waals surface area contributed by atoms with E-state index in [1.54, 1.807) is 18.2 Å². The standard InChI is InChI=1S/C25H34N2O3/c1-19(2)22-9-7-21(8-10-22)16-26-11-13-27(14-12-26)17-24(29)18-30-25-6-4-5-23(15-25)20(3)28/h4-10,15,19,24,29H,11-14,16-18H2,1-3H3. The Morgan fingerprint density at radius 3 is 2.33 bits per heavy atom. The molecule has 2 aromatic carbocycles. The molecule has 0 aromatic heterocycles. The monoisotopic (exact) mass is 410 g/mol. The molecule has 1 aliphatic heterocycles. The molecule has 3 rings (SSSR count). The van der Waals surface area contributed by atoms with E-state index in [1.807, 2.05) is 6.07 Å². The number of hydrogen-bond acceptors (Lipinski definition) is 5. The molecule has 5 heteroatoms. The maximum atomic E-state index is 11.5. The third-order valence-corrected chi connectivity index (χ3v) is 5.67. The molecule has 1 aliphatic rings. The molecule has 0 aliphatic carbocycles. The number of carbonyl (C=O) groups is 1. The number of rotatable bonds is 9. The first-order chi connectivity index (χ1) is 14.4. The highest BCUT2D eigenvalue weighted by Crippen LogP contribution is 2.17. The van der Waals surface area contributed by atoms with Crippen LogP contribution in [0.15, 0.2) is 48.5 Å². The zero-order valence-corrected chi connectivity index (χ0v) is 18.4. The van der Waals surface area contributed by atoms with Gasteiger partial charge in [0.1, 0.15) is 18.5 Å².